The van der Waals surface area contributed by atoms with Gasteiger partial charge in [0.15, 0.2) is 0 Å². The maximum atomic E-state index is 13.6. The van der Waals surface area contributed by atoms with E-state index in [4.69, 9.17) is 4.74 Å². The fourth-order valence-electron chi connectivity index (χ4n) is 2.60. The van der Waals surface area contributed by atoms with E-state index >= 15 is 0 Å². The van der Waals surface area contributed by atoms with E-state index in [1.165, 1.54) is 6.07 Å². The summed E-state index contributed by atoms with van der Waals surface area (Å²) in [6.45, 7) is 3.98. The summed E-state index contributed by atoms with van der Waals surface area (Å²) in [4.78, 5) is 12.2. The molecule has 2 aromatic rings. The molecule has 0 bridgehead atoms. The third-order valence-electron chi connectivity index (χ3n) is 3.87. The van der Waals surface area contributed by atoms with Gasteiger partial charge in [0.25, 0.3) is 0 Å². The first-order valence-electron chi connectivity index (χ1n) is 7.72. The summed E-state index contributed by atoms with van der Waals surface area (Å²) in [5.74, 6) is 0.285. The number of benzene rings is 2. The molecule has 0 aliphatic rings. The van der Waals surface area contributed by atoms with E-state index < -0.39 is 0 Å². The molecule has 0 spiro atoms. The molecule has 0 heterocycles. The smallest absolute Gasteiger partial charge is 0.225 e. The lowest BCUT2D eigenvalue weighted by Gasteiger charge is -2.19. The molecule has 0 aliphatic carbocycles. The molecule has 1 unspecified atom stereocenters. The maximum Gasteiger partial charge on any atom is 0.225 e. The summed E-state index contributed by atoms with van der Waals surface area (Å²) in [7, 11) is 1.63. The zero-order chi connectivity index (χ0) is 16.8. The molecule has 0 aromatic heterocycles. The SMILES string of the molecule is CCC(NC(=O)Cc1ccccc1F)c1ccc(OC)c(C)c1. The number of aryl methyl sites for hydroxylation is 1. The molecular formula is C19H22FNO2. The minimum atomic E-state index is -0.351. The van der Waals surface area contributed by atoms with E-state index in [9.17, 15) is 9.18 Å². The summed E-state index contributed by atoms with van der Waals surface area (Å²) in [6.07, 6.45) is 0.799. The Morgan fingerprint density at radius 2 is 2.00 bits per heavy atom. The minimum Gasteiger partial charge on any atom is -0.496 e. The van der Waals surface area contributed by atoms with Crippen LogP contribution in [0.4, 0.5) is 4.39 Å². The highest BCUT2D eigenvalue weighted by Gasteiger charge is 2.15. The Hall–Kier alpha value is -2.36. The number of rotatable bonds is 6. The molecule has 23 heavy (non-hydrogen) atoms. The lowest BCUT2D eigenvalue weighted by atomic mass is 10.0. The van der Waals surface area contributed by atoms with E-state index in [0.29, 0.717) is 5.56 Å². The normalized spacial score (nSPS) is 11.8. The molecule has 0 saturated heterocycles. The molecule has 4 heteroatoms. The number of halogens is 1. The first kappa shape index (κ1) is 17.0. The second-order valence-corrected chi connectivity index (χ2v) is 5.53. The van der Waals surface area contributed by atoms with Crippen molar-refractivity contribution in [2.24, 2.45) is 0 Å². The maximum absolute atomic E-state index is 13.6. The van der Waals surface area contributed by atoms with Crippen LogP contribution in [0.1, 0.15) is 36.1 Å². The molecule has 122 valence electrons. The van der Waals surface area contributed by atoms with Crippen LogP contribution in [0.5, 0.6) is 5.75 Å². The number of methoxy groups -OCH3 is 1. The first-order chi connectivity index (χ1) is 11.0. The van der Waals surface area contributed by atoms with Crippen LogP contribution in [0.15, 0.2) is 42.5 Å². The van der Waals surface area contributed by atoms with Gasteiger partial charge in [-0.25, -0.2) is 4.39 Å². The second kappa shape index (κ2) is 7.77. The summed E-state index contributed by atoms with van der Waals surface area (Å²) >= 11 is 0. The van der Waals surface area contributed by atoms with Crippen LogP contribution in [0, 0.1) is 12.7 Å². The molecule has 1 amide bonds. The van der Waals surface area contributed by atoms with Crippen LogP contribution < -0.4 is 10.1 Å². The molecule has 0 aliphatic heterocycles. The van der Waals surface area contributed by atoms with Crippen molar-refractivity contribution in [1.82, 2.24) is 5.32 Å². The predicted molar refractivity (Wildman–Crippen MR) is 89.0 cm³/mol. The van der Waals surface area contributed by atoms with Gasteiger partial charge in [0.05, 0.1) is 19.6 Å². The Balaban J connectivity index is 2.08. The highest BCUT2D eigenvalue weighted by Crippen LogP contribution is 2.24. The van der Waals surface area contributed by atoms with Crippen molar-refractivity contribution in [2.45, 2.75) is 32.7 Å². The zero-order valence-electron chi connectivity index (χ0n) is 13.7. The molecule has 0 fully saturated rings. The Morgan fingerprint density at radius 1 is 1.26 bits per heavy atom. The van der Waals surface area contributed by atoms with Crippen molar-refractivity contribution in [3.05, 3.63) is 65.0 Å². The summed E-state index contributed by atoms with van der Waals surface area (Å²) in [5.41, 5.74) is 2.45. The lowest BCUT2D eigenvalue weighted by Crippen LogP contribution is -2.29. The van der Waals surface area contributed by atoms with Gasteiger partial charge >= 0.3 is 0 Å². The van der Waals surface area contributed by atoms with Gasteiger partial charge in [0.2, 0.25) is 5.91 Å². The highest BCUT2D eigenvalue weighted by molar-refractivity contribution is 5.79. The summed E-state index contributed by atoms with van der Waals surface area (Å²) < 4.78 is 18.9. The van der Waals surface area contributed by atoms with Gasteiger partial charge in [0, 0.05) is 0 Å². The zero-order valence-corrected chi connectivity index (χ0v) is 13.7. The Morgan fingerprint density at radius 3 is 2.61 bits per heavy atom. The Kier molecular flexibility index (Phi) is 5.74. The fraction of sp³-hybridized carbons (Fsp3) is 0.316. The van der Waals surface area contributed by atoms with E-state index in [1.54, 1.807) is 25.3 Å². The molecule has 0 radical (unpaired) electrons. The average molecular weight is 315 g/mol. The van der Waals surface area contributed by atoms with Gasteiger partial charge in [-0.2, -0.15) is 0 Å². The largest absolute Gasteiger partial charge is 0.496 e. The Bertz CT molecular complexity index is 685. The van der Waals surface area contributed by atoms with Crippen LogP contribution in [-0.2, 0) is 11.2 Å². The van der Waals surface area contributed by atoms with Crippen molar-refractivity contribution >= 4 is 5.91 Å². The van der Waals surface area contributed by atoms with Gasteiger partial charge in [-0.15, -0.1) is 0 Å². The second-order valence-electron chi connectivity index (χ2n) is 5.53. The van der Waals surface area contributed by atoms with Crippen molar-refractivity contribution in [3.63, 3.8) is 0 Å². The van der Waals surface area contributed by atoms with E-state index in [1.807, 2.05) is 32.0 Å². The lowest BCUT2D eigenvalue weighted by molar-refractivity contribution is -0.121. The van der Waals surface area contributed by atoms with Crippen LogP contribution in [-0.4, -0.2) is 13.0 Å². The van der Waals surface area contributed by atoms with Gasteiger partial charge in [0.1, 0.15) is 11.6 Å². The van der Waals surface area contributed by atoms with Crippen molar-refractivity contribution < 1.29 is 13.9 Å². The first-order valence-corrected chi connectivity index (χ1v) is 7.72. The predicted octanol–water partition coefficient (Wildman–Crippen LogP) is 3.95. The number of hydrogen-bond donors (Lipinski definition) is 1. The topological polar surface area (TPSA) is 38.3 Å². The molecule has 1 atom stereocenters. The highest BCUT2D eigenvalue weighted by atomic mass is 19.1. The number of amides is 1. The minimum absolute atomic E-state index is 0.0400. The number of nitrogens with one attached hydrogen (secondary N) is 1. The van der Waals surface area contributed by atoms with Crippen LogP contribution in [0.3, 0.4) is 0 Å². The van der Waals surface area contributed by atoms with Crippen molar-refractivity contribution in [3.8, 4) is 5.75 Å². The number of ether oxygens (including phenoxy) is 1. The van der Waals surface area contributed by atoms with E-state index in [0.717, 1.165) is 23.3 Å². The molecule has 2 rings (SSSR count). The van der Waals surface area contributed by atoms with Crippen molar-refractivity contribution in [2.75, 3.05) is 7.11 Å². The van der Waals surface area contributed by atoms with Gasteiger partial charge < -0.3 is 10.1 Å². The van der Waals surface area contributed by atoms with Gasteiger partial charge in [-0.05, 0) is 42.2 Å². The van der Waals surface area contributed by atoms with Gasteiger partial charge in [-0.3, -0.25) is 4.79 Å². The molecule has 2 aromatic carbocycles. The quantitative estimate of drug-likeness (QED) is 0.876. The van der Waals surface area contributed by atoms with Crippen LogP contribution >= 0.6 is 0 Å². The van der Waals surface area contributed by atoms with E-state index in [2.05, 4.69) is 5.32 Å². The Labute approximate surface area is 136 Å². The number of carbonyl (C=O) groups excluding carboxylic acids is 1. The molecule has 0 saturated carbocycles. The molecule has 1 N–H and O–H groups in total. The van der Waals surface area contributed by atoms with Crippen molar-refractivity contribution in [1.29, 1.82) is 0 Å². The summed E-state index contributed by atoms with van der Waals surface area (Å²) in [6, 6.07) is 12.1. The third kappa shape index (κ3) is 4.31. The monoisotopic (exact) mass is 315 g/mol. The van der Waals surface area contributed by atoms with E-state index in [-0.39, 0.29) is 24.2 Å². The fourth-order valence-corrected chi connectivity index (χ4v) is 2.60. The average Bonchev–Trinajstić information content (AvgIpc) is 2.54. The van der Waals surface area contributed by atoms with Gasteiger partial charge in [-0.1, -0.05) is 37.3 Å². The molecule has 3 nitrogen and oxygen atoms in total. The number of carbonyl (C=O) groups is 1. The standard InChI is InChI=1S/C19H22FNO2/c1-4-17(15-9-10-18(23-3)13(2)11-15)21-19(22)12-14-7-5-6-8-16(14)20/h5-11,17H,4,12H2,1-3H3,(H,21,22). The third-order valence-corrected chi connectivity index (χ3v) is 3.87. The summed E-state index contributed by atoms with van der Waals surface area (Å²) in [5, 5.41) is 2.98. The number of hydrogen-bond acceptors (Lipinski definition) is 2. The van der Waals surface area contributed by atoms with Crippen LogP contribution in [0.2, 0.25) is 0 Å². The molecular weight excluding hydrogens is 293 g/mol. The van der Waals surface area contributed by atoms with Crippen LogP contribution in [0.25, 0.3) is 0 Å².